The molecule has 6 nitrogen and oxygen atoms in total. The molecule has 2 aliphatic rings. The van der Waals surface area contributed by atoms with Crippen LogP contribution in [0.4, 0.5) is 0 Å². The molecule has 38 heavy (non-hydrogen) atoms. The minimum absolute atomic E-state index is 0.00306. The molecule has 3 aromatic rings. The zero-order chi connectivity index (χ0) is 26.9. The van der Waals surface area contributed by atoms with E-state index in [2.05, 4.69) is 85.6 Å². The highest BCUT2D eigenvalue weighted by Gasteiger charge is 2.19. The van der Waals surface area contributed by atoms with Crippen molar-refractivity contribution in [2.24, 2.45) is 10.8 Å². The van der Waals surface area contributed by atoms with Crippen molar-refractivity contribution in [2.45, 2.75) is 41.5 Å². The Bertz CT molecular complexity index is 1640. The van der Waals surface area contributed by atoms with Crippen molar-refractivity contribution in [2.75, 3.05) is 0 Å². The Balaban J connectivity index is 1.36. The van der Waals surface area contributed by atoms with E-state index in [-0.39, 0.29) is 10.8 Å². The van der Waals surface area contributed by atoms with Crippen LogP contribution in [0.2, 0.25) is 0 Å². The number of rotatable bonds is 4. The van der Waals surface area contributed by atoms with E-state index in [0.717, 1.165) is 27.8 Å². The van der Waals surface area contributed by atoms with Crippen LogP contribution in [-0.4, -0.2) is 20.4 Å². The van der Waals surface area contributed by atoms with Gasteiger partial charge in [-0.05, 0) is 76.6 Å². The number of aromatic nitrogens is 4. The number of allylic oxidation sites excluding steroid dienone is 10. The average molecular weight is 503 g/mol. The lowest BCUT2D eigenvalue weighted by Crippen LogP contribution is -2.06. The van der Waals surface area contributed by atoms with E-state index in [1.54, 1.807) is 0 Å². The highest BCUT2D eigenvalue weighted by atomic mass is 16.4. The second kappa shape index (κ2) is 9.75. The fraction of sp³-hybridized carbons (Fsp3) is 0.250. The summed E-state index contributed by atoms with van der Waals surface area (Å²) in [5.74, 6) is 1.66. The van der Waals surface area contributed by atoms with E-state index >= 15 is 0 Å². The van der Waals surface area contributed by atoms with Crippen molar-refractivity contribution < 1.29 is 8.83 Å². The van der Waals surface area contributed by atoms with Gasteiger partial charge in [0.2, 0.25) is 17.7 Å². The summed E-state index contributed by atoms with van der Waals surface area (Å²) in [6.07, 6.45) is 15.8. The van der Waals surface area contributed by atoms with Crippen LogP contribution in [0.3, 0.4) is 0 Å². The summed E-state index contributed by atoms with van der Waals surface area (Å²) in [6, 6.07) is 7.62. The lowest BCUT2D eigenvalue weighted by Gasteiger charge is -2.19. The van der Waals surface area contributed by atoms with Crippen LogP contribution in [0.5, 0.6) is 0 Å². The van der Waals surface area contributed by atoms with Gasteiger partial charge < -0.3 is 8.83 Å². The summed E-state index contributed by atoms with van der Waals surface area (Å²) >= 11 is 0. The van der Waals surface area contributed by atoms with Crippen molar-refractivity contribution in [3.63, 3.8) is 0 Å². The summed E-state index contributed by atoms with van der Waals surface area (Å²) in [6.45, 7) is 13.0. The first kappa shape index (κ1) is 25.2. The second-order valence-corrected chi connectivity index (χ2v) is 11.3. The van der Waals surface area contributed by atoms with Gasteiger partial charge in [0, 0.05) is 16.7 Å². The minimum atomic E-state index is -0.00306. The summed E-state index contributed by atoms with van der Waals surface area (Å²) in [7, 11) is 0. The van der Waals surface area contributed by atoms with Crippen LogP contribution in [0.15, 0.2) is 104 Å². The highest BCUT2D eigenvalue weighted by molar-refractivity contribution is 5.73. The highest BCUT2D eigenvalue weighted by Crippen LogP contribution is 2.32. The molecule has 190 valence electrons. The number of nitrogens with zero attached hydrogens (tertiary/aromatic N) is 4. The van der Waals surface area contributed by atoms with Gasteiger partial charge in [0.1, 0.15) is 0 Å². The first-order valence-electron chi connectivity index (χ1n) is 12.6. The monoisotopic (exact) mass is 502 g/mol. The molecule has 1 aromatic carbocycles. The molecule has 0 bridgehead atoms. The van der Waals surface area contributed by atoms with E-state index in [1.165, 1.54) is 5.57 Å². The van der Waals surface area contributed by atoms with E-state index in [1.807, 2.05) is 60.7 Å². The third-order valence-corrected chi connectivity index (χ3v) is 6.22. The van der Waals surface area contributed by atoms with Crippen LogP contribution in [0.1, 0.15) is 53.3 Å². The Morgan fingerprint density at radius 1 is 0.632 bits per heavy atom. The molecule has 0 saturated heterocycles. The lowest BCUT2D eigenvalue weighted by molar-refractivity contribution is 0.517. The second-order valence-electron chi connectivity index (χ2n) is 11.3. The third-order valence-electron chi connectivity index (χ3n) is 6.22. The van der Waals surface area contributed by atoms with E-state index in [4.69, 9.17) is 8.83 Å². The van der Waals surface area contributed by atoms with Gasteiger partial charge in [-0.3, -0.25) is 0 Å². The summed E-state index contributed by atoms with van der Waals surface area (Å²) in [5, 5.41) is 17.1. The molecule has 0 radical (unpaired) electrons. The Morgan fingerprint density at radius 2 is 1.26 bits per heavy atom. The summed E-state index contributed by atoms with van der Waals surface area (Å²) in [5.41, 5.74) is 12.0. The molecule has 0 atom stereocenters. The normalized spacial score (nSPS) is 15.5. The Hall–Kier alpha value is -4.50. The predicted molar refractivity (Wildman–Crippen MR) is 149 cm³/mol. The van der Waals surface area contributed by atoms with Gasteiger partial charge >= 0.3 is 0 Å². The fourth-order valence-corrected chi connectivity index (χ4v) is 3.93. The van der Waals surface area contributed by atoms with Gasteiger partial charge in [0.15, 0.2) is 0 Å². The van der Waals surface area contributed by atoms with Gasteiger partial charge in [-0.1, -0.05) is 59.8 Å². The van der Waals surface area contributed by atoms with Crippen molar-refractivity contribution in [1.29, 1.82) is 0 Å². The Labute approximate surface area is 222 Å². The smallest absolute Gasteiger partial charge is 0.255 e. The molecule has 5 rings (SSSR count). The maximum absolute atomic E-state index is 6.03. The number of hydrogen-bond acceptors (Lipinski definition) is 6. The maximum Gasteiger partial charge on any atom is 0.255 e. The molecule has 0 fully saturated rings. The molecule has 0 saturated carbocycles. The van der Waals surface area contributed by atoms with Crippen LogP contribution < -0.4 is 0 Å². The number of hydrogen-bond donors (Lipinski definition) is 0. The molecule has 0 spiro atoms. The average Bonchev–Trinajstić information content (AvgIpc) is 3.40. The molecule has 0 aliphatic heterocycles. The van der Waals surface area contributed by atoms with Crippen LogP contribution in [0.25, 0.3) is 34.1 Å². The summed E-state index contributed by atoms with van der Waals surface area (Å²) in [4.78, 5) is 0. The van der Waals surface area contributed by atoms with Crippen LogP contribution in [0, 0.1) is 10.8 Å². The largest absolute Gasteiger partial charge is 0.416 e. The van der Waals surface area contributed by atoms with Gasteiger partial charge in [-0.15, -0.1) is 31.9 Å². The standard InChI is InChI=1S/C32H30N4O2/c1-31(2,3)25-14-8-10-21(16-18-25)27-33-35-29(37-27)23-12-7-13-24(20-23)30-36-34-28(38-30)22-11-9-15-26(19-17-22)32(4,5)6/h7-10,12-13,15-20H,1-6H3. The predicted octanol–water partition coefficient (Wildman–Crippen LogP) is 7.95. The molecule has 2 aliphatic carbocycles. The van der Waals surface area contributed by atoms with Gasteiger partial charge in [0.05, 0.1) is 5.57 Å². The van der Waals surface area contributed by atoms with Crippen LogP contribution >= 0.6 is 0 Å². The quantitative estimate of drug-likeness (QED) is 0.337. The molecule has 0 unspecified atom stereocenters. The van der Waals surface area contributed by atoms with Crippen molar-refractivity contribution >= 4 is 11.1 Å². The van der Waals surface area contributed by atoms with E-state index in [0.29, 0.717) is 23.6 Å². The van der Waals surface area contributed by atoms with E-state index < -0.39 is 0 Å². The maximum atomic E-state index is 6.03. The van der Waals surface area contributed by atoms with Crippen molar-refractivity contribution in [3.8, 4) is 22.9 Å². The topological polar surface area (TPSA) is 77.8 Å². The Morgan fingerprint density at radius 3 is 1.95 bits per heavy atom. The van der Waals surface area contributed by atoms with Gasteiger partial charge in [-0.2, -0.15) is 0 Å². The zero-order valence-electron chi connectivity index (χ0n) is 22.5. The lowest BCUT2D eigenvalue weighted by atomic mass is 9.86. The Kier molecular flexibility index (Phi) is 6.46. The minimum Gasteiger partial charge on any atom is -0.416 e. The van der Waals surface area contributed by atoms with E-state index in [9.17, 15) is 0 Å². The number of benzene rings is 1. The molecule has 2 heterocycles. The molecule has 2 aromatic heterocycles. The van der Waals surface area contributed by atoms with Crippen LogP contribution in [-0.2, 0) is 0 Å². The van der Waals surface area contributed by atoms with Gasteiger partial charge in [-0.25, -0.2) is 0 Å². The fourth-order valence-electron chi connectivity index (χ4n) is 3.93. The third kappa shape index (κ3) is 5.42. The molecule has 0 N–H and O–H groups in total. The molecular weight excluding hydrogens is 472 g/mol. The molecule has 0 amide bonds. The first-order valence-corrected chi connectivity index (χ1v) is 12.6. The van der Waals surface area contributed by atoms with Crippen molar-refractivity contribution in [1.82, 2.24) is 20.4 Å². The SMILES string of the molecule is CC(C)(C)C1=C=CC=C(c2nnc(-c3cccc(-c4nnc(C5=C=CC=C(C(C)(C)C)C=C5)o4)c3)o2)C=C1. The molecule has 6 heteroatoms. The van der Waals surface area contributed by atoms with Crippen molar-refractivity contribution in [3.05, 3.63) is 107 Å². The zero-order valence-corrected chi connectivity index (χ0v) is 22.5. The van der Waals surface area contributed by atoms with Gasteiger partial charge in [0.25, 0.3) is 5.89 Å². The summed E-state index contributed by atoms with van der Waals surface area (Å²) < 4.78 is 12.0. The molecular formula is C32H30N4O2. The first-order chi connectivity index (χ1) is 18.1.